The van der Waals surface area contributed by atoms with Gasteiger partial charge in [-0.25, -0.2) is 8.42 Å². The van der Waals surface area contributed by atoms with Gasteiger partial charge in [-0.1, -0.05) is 0 Å². The van der Waals surface area contributed by atoms with E-state index in [2.05, 4.69) is 0 Å². The van der Waals surface area contributed by atoms with Crippen molar-refractivity contribution in [1.29, 1.82) is 0 Å². The fraction of sp³-hybridized carbons (Fsp3) is 0.857. The molecule has 1 saturated heterocycles. The van der Waals surface area contributed by atoms with E-state index in [0.717, 1.165) is 0 Å². The molecule has 1 heterocycles. The standard InChI is InChI=1S/C7H12O5S/c1-5-6(2-3-12-5)13(10,11)4-7(8)9/h5-6H,2-4H2,1H3,(H,8,9). The largest absolute Gasteiger partial charge is 0.480 e. The summed E-state index contributed by atoms with van der Waals surface area (Å²) in [5, 5.41) is 7.73. The summed E-state index contributed by atoms with van der Waals surface area (Å²) in [6.45, 7) is 2.04. The smallest absolute Gasteiger partial charge is 0.318 e. The maximum atomic E-state index is 11.4. The number of hydrogen-bond donors (Lipinski definition) is 1. The van der Waals surface area contributed by atoms with Gasteiger partial charge in [0, 0.05) is 6.61 Å². The van der Waals surface area contributed by atoms with E-state index in [1.165, 1.54) is 0 Å². The lowest BCUT2D eigenvalue weighted by molar-refractivity contribution is -0.134. The molecule has 5 nitrogen and oxygen atoms in total. The molecular formula is C7H12O5S. The van der Waals surface area contributed by atoms with Crippen LogP contribution in [0.4, 0.5) is 0 Å². The molecule has 6 heteroatoms. The Labute approximate surface area is 76.6 Å². The van der Waals surface area contributed by atoms with E-state index >= 15 is 0 Å². The van der Waals surface area contributed by atoms with Crippen LogP contribution in [0.3, 0.4) is 0 Å². The first-order valence-corrected chi connectivity index (χ1v) is 5.70. The van der Waals surface area contributed by atoms with Gasteiger partial charge in [0.05, 0.1) is 11.4 Å². The zero-order valence-electron chi connectivity index (χ0n) is 7.26. The van der Waals surface area contributed by atoms with Gasteiger partial charge in [0.2, 0.25) is 0 Å². The van der Waals surface area contributed by atoms with Crippen molar-refractivity contribution < 1.29 is 23.1 Å². The van der Waals surface area contributed by atoms with Crippen LogP contribution < -0.4 is 0 Å². The van der Waals surface area contributed by atoms with E-state index in [4.69, 9.17) is 9.84 Å². The maximum absolute atomic E-state index is 11.4. The van der Waals surface area contributed by atoms with Gasteiger partial charge < -0.3 is 9.84 Å². The predicted octanol–water partition coefficient (Wildman–Crippen LogP) is -0.337. The minimum Gasteiger partial charge on any atom is -0.480 e. The molecule has 1 fully saturated rings. The molecule has 0 radical (unpaired) electrons. The number of hydrogen-bond acceptors (Lipinski definition) is 4. The average Bonchev–Trinajstić information content (AvgIpc) is 2.32. The normalized spacial score (nSPS) is 29.0. The summed E-state index contributed by atoms with van der Waals surface area (Å²) in [7, 11) is -3.53. The molecule has 0 amide bonds. The average molecular weight is 208 g/mol. The Balaban J connectivity index is 2.74. The van der Waals surface area contributed by atoms with E-state index in [0.29, 0.717) is 13.0 Å². The number of carboxylic acid groups (broad SMARTS) is 1. The Bertz CT molecular complexity index is 294. The van der Waals surface area contributed by atoms with Crippen molar-refractivity contribution in [3.63, 3.8) is 0 Å². The number of rotatable bonds is 3. The summed E-state index contributed by atoms with van der Waals surface area (Å²) in [4.78, 5) is 10.3. The number of ether oxygens (including phenoxy) is 1. The van der Waals surface area contributed by atoms with Gasteiger partial charge in [0.1, 0.15) is 5.75 Å². The molecular weight excluding hydrogens is 196 g/mol. The first-order chi connectivity index (χ1) is 5.93. The lowest BCUT2D eigenvalue weighted by Crippen LogP contribution is -2.32. The molecule has 0 aliphatic carbocycles. The third kappa shape index (κ3) is 2.41. The molecule has 0 bridgehead atoms. The van der Waals surface area contributed by atoms with Crippen LogP contribution in [0.15, 0.2) is 0 Å². The lowest BCUT2D eigenvalue weighted by Gasteiger charge is -2.12. The Kier molecular flexibility index (Phi) is 2.92. The molecule has 0 spiro atoms. The van der Waals surface area contributed by atoms with E-state index in [1.54, 1.807) is 6.92 Å². The summed E-state index contributed by atoms with van der Waals surface area (Å²) in [5.41, 5.74) is 0. The van der Waals surface area contributed by atoms with Crippen molar-refractivity contribution in [2.45, 2.75) is 24.7 Å². The summed E-state index contributed by atoms with van der Waals surface area (Å²) < 4.78 is 27.8. The zero-order chi connectivity index (χ0) is 10.1. The Hall–Kier alpha value is -0.620. The van der Waals surface area contributed by atoms with Gasteiger partial charge in [-0.3, -0.25) is 4.79 Å². The molecule has 2 atom stereocenters. The number of sulfone groups is 1. The van der Waals surface area contributed by atoms with Crippen LogP contribution in [0.1, 0.15) is 13.3 Å². The van der Waals surface area contributed by atoms with Crippen LogP contribution in [-0.2, 0) is 19.4 Å². The summed E-state index contributed by atoms with van der Waals surface area (Å²) in [6, 6.07) is 0. The first-order valence-electron chi connectivity index (χ1n) is 3.98. The molecule has 1 rings (SSSR count). The fourth-order valence-corrected chi connectivity index (χ4v) is 3.14. The SMILES string of the molecule is CC1OCCC1S(=O)(=O)CC(=O)O. The summed E-state index contributed by atoms with van der Waals surface area (Å²) in [5.74, 6) is -2.11. The molecule has 13 heavy (non-hydrogen) atoms. The quantitative estimate of drug-likeness (QED) is 0.686. The predicted molar refractivity (Wildman–Crippen MR) is 45.2 cm³/mol. The highest BCUT2D eigenvalue weighted by Gasteiger charge is 2.36. The highest BCUT2D eigenvalue weighted by Crippen LogP contribution is 2.21. The van der Waals surface area contributed by atoms with Crippen LogP contribution in [0.25, 0.3) is 0 Å². The third-order valence-corrected chi connectivity index (χ3v) is 4.28. The Morgan fingerprint density at radius 2 is 2.23 bits per heavy atom. The Morgan fingerprint density at radius 3 is 2.62 bits per heavy atom. The molecule has 1 aliphatic rings. The van der Waals surface area contributed by atoms with Gasteiger partial charge in [0.15, 0.2) is 9.84 Å². The summed E-state index contributed by atoms with van der Waals surface area (Å²) in [6.07, 6.45) is 0.0147. The second-order valence-corrected chi connectivity index (χ2v) is 5.32. The molecule has 0 aromatic carbocycles. The van der Waals surface area contributed by atoms with Crippen molar-refractivity contribution in [3.05, 3.63) is 0 Å². The molecule has 0 aromatic heterocycles. The highest BCUT2D eigenvalue weighted by atomic mass is 32.2. The third-order valence-electron chi connectivity index (χ3n) is 2.09. The van der Waals surface area contributed by atoms with Crippen molar-refractivity contribution >= 4 is 15.8 Å². The van der Waals surface area contributed by atoms with E-state index in [-0.39, 0.29) is 6.10 Å². The van der Waals surface area contributed by atoms with E-state index in [9.17, 15) is 13.2 Å². The molecule has 0 saturated carbocycles. The number of carboxylic acids is 1. The van der Waals surface area contributed by atoms with Gasteiger partial charge in [0.25, 0.3) is 0 Å². The maximum Gasteiger partial charge on any atom is 0.318 e. The van der Waals surface area contributed by atoms with Crippen LogP contribution in [-0.4, -0.2) is 43.2 Å². The second kappa shape index (κ2) is 3.63. The monoisotopic (exact) mass is 208 g/mol. The van der Waals surface area contributed by atoms with Crippen LogP contribution >= 0.6 is 0 Å². The molecule has 76 valence electrons. The van der Waals surface area contributed by atoms with Gasteiger partial charge >= 0.3 is 5.97 Å². The molecule has 1 aliphatic heterocycles. The van der Waals surface area contributed by atoms with Gasteiger partial charge in [-0.05, 0) is 13.3 Å². The van der Waals surface area contributed by atoms with Crippen LogP contribution in [0.2, 0.25) is 0 Å². The van der Waals surface area contributed by atoms with Crippen molar-refractivity contribution in [2.24, 2.45) is 0 Å². The zero-order valence-corrected chi connectivity index (χ0v) is 8.08. The van der Waals surface area contributed by atoms with Gasteiger partial charge in [-0.2, -0.15) is 0 Å². The summed E-state index contributed by atoms with van der Waals surface area (Å²) >= 11 is 0. The number of aliphatic carboxylic acids is 1. The van der Waals surface area contributed by atoms with E-state index in [1.807, 2.05) is 0 Å². The van der Waals surface area contributed by atoms with Crippen molar-refractivity contribution in [1.82, 2.24) is 0 Å². The van der Waals surface area contributed by atoms with E-state index < -0.39 is 26.8 Å². The molecule has 2 unspecified atom stereocenters. The minimum atomic E-state index is -3.53. The molecule has 1 N–H and O–H groups in total. The van der Waals surface area contributed by atoms with Crippen molar-refractivity contribution in [3.8, 4) is 0 Å². The second-order valence-electron chi connectivity index (χ2n) is 3.10. The number of carbonyl (C=O) groups is 1. The first kappa shape index (κ1) is 10.5. The fourth-order valence-electron chi connectivity index (χ4n) is 1.46. The Morgan fingerprint density at radius 1 is 1.62 bits per heavy atom. The molecule has 0 aromatic rings. The van der Waals surface area contributed by atoms with Crippen LogP contribution in [0.5, 0.6) is 0 Å². The van der Waals surface area contributed by atoms with Crippen LogP contribution in [0, 0.1) is 0 Å². The minimum absolute atomic E-state index is 0.385. The van der Waals surface area contributed by atoms with Gasteiger partial charge in [-0.15, -0.1) is 0 Å². The lowest BCUT2D eigenvalue weighted by atomic mass is 10.3. The topological polar surface area (TPSA) is 80.7 Å². The van der Waals surface area contributed by atoms with Crippen molar-refractivity contribution in [2.75, 3.05) is 12.4 Å². The highest BCUT2D eigenvalue weighted by molar-refractivity contribution is 7.92.